The van der Waals surface area contributed by atoms with Gasteiger partial charge < -0.3 is 20.1 Å². The van der Waals surface area contributed by atoms with Crippen molar-refractivity contribution in [2.75, 3.05) is 20.1 Å². The topological polar surface area (TPSA) is 57.6 Å². The van der Waals surface area contributed by atoms with E-state index in [1.54, 1.807) is 24.5 Å². The van der Waals surface area contributed by atoms with Crippen LogP contribution >= 0.6 is 0 Å². The van der Waals surface area contributed by atoms with Crippen molar-refractivity contribution in [2.45, 2.75) is 24.7 Å². The molecule has 1 saturated heterocycles. The Hall–Kier alpha value is -2.44. The van der Waals surface area contributed by atoms with Gasteiger partial charge in [-0.1, -0.05) is 0 Å². The number of halogens is 1. The van der Waals surface area contributed by atoms with Crippen molar-refractivity contribution in [3.05, 3.63) is 65.7 Å². The molecule has 0 bridgehead atoms. The molecule has 5 nitrogen and oxygen atoms in total. The van der Waals surface area contributed by atoms with Crippen molar-refractivity contribution in [1.29, 1.82) is 0 Å². The Kier molecular flexibility index (Phi) is 4.38. The number of piperidine rings is 1. The molecule has 2 aromatic rings. The fraction of sp³-hybridized carbons (Fsp3) is 0.350. The molecule has 136 valence electrons. The lowest BCUT2D eigenvalue weighted by Gasteiger charge is -2.40. The smallest absolute Gasteiger partial charge is 0.199 e. The number of benzene rings is 1. The third-order valence-corrected chi connectivity index (χ3v) is 5.15. The molecule has 0 amide bonds. The van der Waals surface area contributed by atoms with Gasteiger partial charge in [0, 0.05) is 36.6 Å². The second-order valence-corrected chi connectivity index (χ2v) is 7.00. The predicted octanol–water partition coefficient (Wildman–Crippen LogP) is 2.45. The second kappa shape index (κ2) is 6.70. The highest BCUT2D eigenvalue weighted by Crippen LogP contribution is 2.38. The molecule has 1 aromatic heterocycles. The summed E-state index contributed by atoms with van der Waals surface area (Å²) in [5.41, 5.74) is 1.49. The average Bonchev–Trinajstić information content (AvgIpc) is 3.12. The molecule has 3 heterocycles. The van der Waals surface area contributed by atoms with Gasteiger partial charge in [-0.2, -0.15) is 0 Å². The lowest BCUT2D eigenvalue weighted by molar-refractivity contribution is -0.105. The van der Waals surface area contributed by atoms with E-state index >= 15 is 0 Å². The van der Waals surface area contributed by atoms with E-state index in [1.807, 2.05) is 19.2 Å². The lowest BCUT2D eigenvalue weighted by Crippen LogP contribution is -2.54. The highest BCUT2D eigenvalue weighted by Gasteiger charge is 2.45. The van der Waals surface area contributed by atoms with Crippen LogP contribution in [0.2, 0.25) is 0 Å². The van der Waals surface area contributed by atoms with E-state index in [2.05, 4.69) is 15.2 Å². The number of nitrogens with zero attached hydrogens (tertiary/aromatic N) is 2. The summed E-state index contributed by atoms with van der Waals surface area (Å²) in [5.74, 6) is 0.362. The van der Waals surface area contributed by atoms with Gasteiger partial charge in [-0.05, 0) is 56.3 Å². The summed E-state index contributed by atoms with van der Waals surface area (Å²) in [6.45, 7) is 1.63. The summed E-state index contributed by atoms with van der Waals surface area (Å²) in [6, 6.07) is 9.99. The first-order valence-corrected chi connectivity index (χ1v) is 8.80. The van der Waals surface area contributed by atoms with Gasteiger partial charge in [0.1, 0.15) is 11.4 Å². The first-order valence-electron chi connectivity index (χ1n) is 8.80. The van der Waals surface area contributed by atoms with Crippen molar-refractivity contribution >= 4 is 11.5 Å². The molecule has 0 saturated carbocycles. The molecule has 0 radical (unpaired) electrons. The minimum absolute atomic E-state index is 0.288. The minimum atomic E-state index is -0.952. The fourth-order valence-electron chi connectivity index (χ4n) is 3.46. The third-order valence-electron chi connectivity index (χ3n) is 5.15. The normalized spacial score (nSPS) is 22.8. The van der Waals surface area contributed by atoms with Crippen molar-refractivity contribution in [1.82, 2.24) is 15.2 Å². The van der Waals surface area contributed by atoms with Crippen LogP contribution in [0.25, 0.3) is 11.5 Å². The highest BCUT2D eigenvalue weighted by molar-refractivity contribution is 5.88. The number of aromatic nitrogens is 1. The summed E-state index contributed by atoms with van der Waals surface area (Å²) in [6.07, 6.45) is 4.11. The zero-order valence-corrected chi connectivity index (χ0v) is 14.7. The Morgan fingerprint density at radius 1 is 1.12 bits per heavy atom. The van der Waals surface area contributed by atoms with Crippen LogP contribution < -0.4 is 5.32 Å². The highest BCUT2D eigenvalue weighted by atomic mass is 19.1. The monoisotopic (exact) mass is 355 g/mol. The molecule has 0 spiro atoms. The Balaban J connectivity index is 1.68. The van der Waals surface area contributed by atoms with E-state index in [9.17, 15) is 9.50 Å². The Bertz CT molecular complexity index is 800. The van der Waals surface area contributed by atoms with Crippen LogP contribution in [0.3, 0.4) is 0 Å². The Morgan fingerprint density at radius 2 is 1.77 bits per heavy atom. The molecule has 6 heteroatoms. The molecule has 1 aromatic carbocycles. The summed E-state index contributed by atoms with van der Waals surface area (Å²) < 4.78 is 19.5. The number of nitrogens with one attached hydrogen (secondary N) is 1. The fourth-order valence-corrected chi connectivity index (χ4v) is 3.46. The van der Waals surface area contributed by atoms with Crippen LogP contribution in [0.4, 0.5) is 4.39 Å². The van der Waals surface area contributed by atoms with Gasteiger partial charge in [-0.25, -0.2) is 4.39 Å². The quantitative estimate of drug-likeness (QED) is 0.886. The van der Waals surface area contributed by atoms with E-state index in [0.29, 0.717) is 18.6 Å². The first kappa shape index (κ1) is 17.0. The zero-order chi connectivity index (χ0) is 18.1. The van der Waals surface area contributed by atoms with Gasteiger partial charge in [-0.3, -0.25) is 4.98 Å². The lowest BCUT2D eigenvalue weighted by atomic mass is 9.89. The Labute approximate surface area is 152 Å². The molecule has 26 heavy (non-hydrogen) atoms. The maximum absolute atomic E-state index is 13.3. The minimum Gasteiger partial charge on any atom is -0.465 e. The molecule has 1 atom stereocenters. The molecule has 2 aliphatic rings. The van der Waals surface area contributed by atoms with Crippen LogP contribution in [0.1, 0.15) is 24.0 Å². The van der Waals surface area contributed by atoms with Crippen molar-refractivity contribution < 1.29 is 14.2 Å². The first-order chi connectivity index (χ1) is 12.5. The number of ether oxygens (including phenoxy) is 1. The third kappa shape index (κ3) is 3.18. The van der Waals surface area contributed by atoms with Crippen molar-refractivity contribution in [3.8, 4) is 0 Å². The largest absolute Gasteiger partial charge is 0.465 e. The summed E-state index contributed by atoms with van der Waals surface area (Å²) >= 11 is 0. The van der Waals surface area contributed by atoms with Gasteiger partial charge in [0.15, 0.2) is 12.0 Å². The van der Waals surface area contributed by atoms with E-state index < -0.39 is 11.8 Å². The summed E-state index contributed by atoms with van der Waals surface area (Å²) in [4.78, 5) is 6.25. The molecule has 0 aliphatic carbocycles. The van der Waals surface area contributed by atoms with Crippen LogP contribution in [-0.2, 0) is 4.74 Å². The van der Waals surface area contributed by atoms with Crippen molar-refractivity contribution in [3.63, 3.8) is 0 Å². The number of likely N-dealkylation sites (tertiary alicyclic amines) is 1. The number of rotatable bonds is 3. The van der Waals surface area contributed by atoms with Crippen LogP contribution in [-0.4, -0.2) is 47.0 Å². The number of aliphatic hydroxyl groups is 1. The molecule has 1 fully saturated rings. The van der Waals surface area contributed by atoms with Gasteiger partial charge in [-0.15, -0.1) is 0 Å². The van der Waals surface area contributed by atoms with E-state index in [1.165, 1.54) is 12.1 Å². The zero-order valence-electron chi connectivity index (χ0n) is 14.7. The van der Waals surface area contributed by atoms with Gasteiger partial charge in [0.2, 0.25) is 0 Å². The van der Waals surface area contributed by atoms with Crippen LogP contribution in [0, 0.1) is 5.82 Å². The van der Waals surface area contributed by atoms with E-state index in [4.69, 9.17) is 4.74 Å². The van der Waals surface area contributed by atoms with Gasteiger partial charge in [0.05, 0.1) is 5.70 Å². The van der Waals surface area contributed by atoms with Gasteiger partial charge in [0.25, 0.3) is 0 Å². The maximum Gasteiger partial charge on any atom is 0.199 e. The number of pyridine rings is 1. The molecular formula is C20H22FN3O2. The molecule has 4 rings (SSSR count). The molecule has 1 unspecified atom stereocenters. The van der Waals surface area contributed by atoms with Crippen molar-refractivity contribution in [2.24, 2.45) is 0 Å². The van der Waals surface area contributed by atoms with Crippen LogP contribution in [0.15, 0.2) is 48.8 Å². The number of hydrogen-bond acceptors (Lipinski definition) is 5. The predicted molar refractivity (Wildman–Crippen MR) is 97.1 cm³/mol. The van der Waals surface area contributed by atoms with E-state index in [-0.39, 0.29) is 5.82 Å². The number of hydrogen-bond donors (Lipinski definition) is 2. The molecule has 2 N–H and O–H groups in total. The molecular weight excluding hydrogens is 333 g/mol. The second-order valence-electron chi connectivity index (χ2n) is 7.00. The summed E-state index contributed by atoms with van der Waals surface area (Å²) in [7, 11) is 2.05. The Morgan fingerprint density at radius 3 is 2.42 bits per heavy atom. The SMILES string of the molecule is CN1CCC(O)(C2NC(c3ccc(F)cc3)=C(c3ccncc3)O2)CC1. The standard InChI is InChI=1S/C20H22FN3O2/c1-24-12-8-20(25,9-13-24)19-23-17(14-2-4-16(21)5-3-14)18(26-19)15-6-10-22-11-7-15/h2-7,10-11,19,23,25H,8-9,12-13H2,1H3. The molecule has 2 aliphatic heterocycles. The maximum atomic E-state index is 13.3. The van der Waals surface area contributed by atoms with E-state index in [0.717, 1.165) is 29.9 Å². The van der Waals surface area contributed by atoms with Gasteiger partial charge >= 0.3 is 0 Å². The average molecular weight is 355 g/mol. The van der Waals surface area contributed by atoms with Crippen LogP contribution in [0.5, 0.6) is 0 Å². The summed E-state index contributed by atoms with van der Waals surface area (Å²) in [5, 5.41) is 14.5.